The van der Waals surface area contributed by atoms with Gasteiger partial charge in [0.1, 0.15) is 6.10 Å². The van der Waals surface area contributed by atoms with Gasteiger partial charge in [0.15, 0.2) is 0 Å². The number of piperazine rings is 1. The van der Waals surface area contributed by atoms with Gasteiger partial charge >= 0.3 is 0 Å². The Morgan fingerprint density at radius 2 is 1.20 bits per heavy atom. The Kier molecular flexibility index (Phi) is 16.7. The maximum absolute atomic E-state index is 12.3. The predicted octanol–water partition coefficient (Wildman–Crippen LogP) is 8.89. The van der Waals surface area contributed by atoms with Gasteiger partial charge in [0.25, 0.3) is 0 Å². The molecule has 1 fully saturated rings. The van der Waals surface area contributed by atoms with E-state index in [1.807, 2.05) is 0 Å². The fourth-order valence-electron chi connectivity index (χ4n) is 6.10. The molecule has 244 valence electrons. The van der Waals surface area contributed by atoms with E-state index >= 15 is 0 Å². The summed E-state index contributed by atoms with van der Waals surface area (Å²) in [6.07, 6.45) is 12.8. The number of hydrogen-bond donors (Lipinski definition) is 1. The first-order valence-corrected chi connectivity index (χ1v) is 18.4. The lowest BCUT2D eigenvalue weighted by molar-refractivity contribution is -0.116. The number of amides is 1. The lowest BCUT2D eigenvalue weighted by Gasteiger charge is -2.35. The number of ether oxygens (including phenoxy) is 1. The van der Waals surface area contributed by atoms with Crippen LogP contribution in [0.25, 0.3) is 0 Å². The first-order chi connectivity index (χ1) is 22.2. The van der Waals surface area contributed by atoms with E-state index in [9.17, 15) is 4.79 Å². The topological polar surface area (TPSA) is 44.8 Å². The fourth-order valence-corrected chi connectivity index (χ4v) is 6.50. The Morgan fingerprint density at radius 3 is 1.78 bits per heavy atom. The molecule has 1 amide bonds. The quantitative estimate of drug-likeness (QED) is 0.0905. The minimum atomic E-state index is -0.0254. The van der Waals surface area contributed by atoms with Gasteiger partial charge in [0, 0.05) is 50.2 Å². The van der Waals surface area contributed by atoms with Crippen molar-refractivity contribution in [3.8, 4) is 0 Å². The smallest absolute Gasteiger partial charge is 0.224 e. The summed E-state index contributed by atoms with van der Waals surface area (Å²) in [5.41, 5.74) is 4.66. The zero-order valence-corrected chi connectivity index (χ0v) is 28.8. The van der Waals surface area contributed by atoms with Crippen LogP contribution in [0.15, 0.2) is 84.9 Å². The summed E-state index contributed by atoms with van der Waals surface area (Å²) >= 11 is 3.49. The second-order valence-electron chi connectivity index (χ2n) is 12.4. The van der Waals surface area contributed by atoms with Crippen LogP contribution in [0.3, 0.4) is 0 Å². The molecular weight excluding hydrogens is 622 g/mol. The predicted molar refractivity (Wildman–Crippen MR) is 192 cm³/mol. The molecule has 0 atom stereocenters. The molecule has 0 radical (unpaired) electrons. The van der Waals surface area contributed by atoms with Gasteiger partial charge in [-0.3, -0.25) is 9.69 Å². The van der Waals surface area contributed by atoms with Crippen molar-refractivity contribution in [2.45, 2.75) is 76.7 Å². The van der Waals surface area contributed by atoms with E-state index in [0.29, 0.717) is 6.42 Å². The van der Waals surface area contributed by atoms with Crippen molar-refractivity contribution >= 4 is 27.5 Å². The standard InChI is InChI=1S/C39H54BrN3O2/c40-26-14-6-4-2-1-3-5-13-21-38(44)41-37-24-22-34(23-25-37)16-15-27-42-28-30-43(31-29-42)32-33-45-39(35-17-9-7-10-18-35)36-19-11-8-12-20-36/h7-12,17-20,22-25,39H,1-6,13-16,21,26-33H2,(H,41,44). The second kappa shape index (κ2) is 21.3. The minimum absolute atomic E-state index is 0.0254. The number of benzene rings is 3. The number of nitrogens with one attached hydrogen (secondary N) is 1. The van der Waals surface area contributed by atoms with Gasteiger partial charge in [0.2, 0.25) is 5.91 Å². The average Bonchev–Trinajstić information content (AvgIpc) is 3.08. The lowest BCUT2D eigenvalue weighted by atomic mass is 10.0. The van der Waals surface area contributed by atoms with Crippen molar-refractivity contribution < 1.29 is 9.53 Å². The van der Waals surface area contributed by atoms with Gasteiger partial charge in [0.05, 0.1) is 6.61 Å². The van der Waals surface area contributed by atoms with Gasteiger partial charge in [-0.2, -0.15) is 0 Å². The fraction of sp³-hybridized carbons (Fsp3) is 0.513. The number of halogens is 1. The van der Waals surface area contributed by atoms with Gasteiger partial charge in [-0.25, -0.2) is 0 Å². The highest BCUT2D eigenvalue weighted by Crippen LogP contribution is 2.25. The maximum atomic E-state index is 12.3. The van der Waals surface area contributed by atoms with Gasteiger partial charge in [-0.1, -0.05) is 127 Å². The minimum Gasteiger partial charge on any atom is -0.367 e. The van der Waals surface area contributed by atoms with Crippen molar-refractivity contribution in [3.63, 3.8) is 0 Å². The van der Waals surface area contributed by atoms with Crippen LogP contribution in [0.4, 0.5) is 5.69 Å². The maximum Gasteiger partial charge on any atom is 0.224 e. The van der Waals surface area contributed by atoms with Crippen LogP contribution >= 0.6 is 15.9 Å². The number of rotatable bonds is 21. The number of alkyl halides is 1. The number of anilines is 1. The number of unbranched alkanes of at least 4 members (excludes halogenated alkanes) is 7. The van der Waals surface area contributed by atoms with E-state index in [1.165, 1.54) is 55.2 Å². The van der Waals surface area contributed by atoms with Crippen molar-refractivity contribution in [3.05, 3.63) is 102 Å². The first kappa shape index (κ1) is 35.3. The summed E-state index contributed by atoms with van der Waals surface area (Å²) in [5.74, 6) is 0.137. The molecule has 1 heterocycles. The third-order valence-corrected chi connectivity index (χ3v) is 9.39. The number of carbonyl (C=O) groups excluding carboxylic acids is 1. The van der Waals surface area contributed by atoms with Gasteiger partial charge in [-0.05, 0) is 61.1 Å². The number of nitrogens with zero attached hydrogens (tertiary/aromatic N) is 2. The largest absolute Gasteiger partial charge is 0.367 e. The Labute approximate surface area is 280 Å². The van der Waals surface area contributed by atoms with Crippen LogP contribution in [0.1, 0.15) is 87.0 Å². The normalized spacial score (nSPS) is 14.2. The third kappa shape index (κ3) is 13.8. The molecule has 1 aliphatic rings. The molecule has 3 aromatic carbocycles. The Hall–Kier alpha value is -2.51. The van der Waals surface area contributed by atoms with Crippen molar-refractivity contribution in [1.29, 1.82) is 0 Å². The second-order valence-corrected chi connectivity index (χ2v) is 13.2. The lowest BCUT2D eigenvalue weighted by Crippen LogP contribution is -2.47. The summed E-state index contributed by atoms with van der Waals surface area (Å²) in [5, 5.41) is 4.20. The van der Waals surface area contributed by atoms with Crippen LogP contribution < -0.4 is 5.32 Å². The van der Waals surface area contributed by atoms with Crippen LogP contribution in [-0.2, 0) is 16.0 Å². The molecule has 1 saturated heterocycles. The Morgan fingerprint density at radius 1 is 0.667 bits per heavy atom. The zero-order chi connectivity index (χ0) is 31.4. The molecule has 0 aromatic heterocycles. The summed E-state index contributed by atoms with van der Waals surface area (Å²) < 4.78 is 6.45. The molecule has 0 bridgehead atoms. The Balaban J connectivity index is 1.05. The molecule has 0 saturated carbocycles. The number of hydrogen-bond acceptors (Lipinski definition) is 4. The Bertz CT molecular complexity index is 1140. The van der Waals surface area contributed by atoms with Crippen molar-refractivity contribution in [2.75, 3.05) is 56.5 Å². The van der Waals surface area contributed by atoms with Crippen LogP contribution in [-0.4, -0.2) is 66.9 Å². The molecule has 45 heavy (non-hydrogen) atoms. The van der Waals surface area contributed by atoms with E-state index in [4.69, 9.17) is 4.74 Å². The van der Waals surface area contributed by atoms with Crippen LogP contribution in [0.5, 0.6) is 0 Å². The van der Waals surface area contributed by atoms with Crippen LogP contribution in [0, 0.1) is 0 Å². The highest BCUT2D eigenvalue weighted by atomic mass is 79.9. The van der Waals surface area contributed by atoms with E-state index in [0.717, 1.165) is 82.6 Å². The van der Waals surface area contributed by atoms with E-state index in [2.05, 4.69) is 116 Å². The molecule has 0 spiro atoms. The average molecular weight is 677 g/mol. The molecular formula is C39H54BrN3O2. The molecule has 4 rings (SSSR count). The summed E-state index contributed by atoms with van der Waals surface area (Å²) in [7, 11) is 0. The monoisotopic (exact) mass is 675 g/mol. The highest BCUT2D eigenvalue weighted by Gasteiger charge is 2.18. The molecule has 6 heteroatoms. The van der Waals surface area contributed by atoms with E-state index < -0.39 is 0 Å². The van der Waals surface area contributed by atoms with Crippen molar-refractivity contribution in [2.24, 2.45) is 0 Å². The number of carbonyl (C=O) groups is 1. The third-order valence-electron chi connectivity index (χ3n) is 8.83. The highest BCUT2D eigenvalue weighted by molar-refractivity contribution is 9.09. The zero-order valence-electron chi connectivity index (χ0n) is 27.2. The molecule has 0 unspecified atom stereocenters. The van der Waals surface area contributed by atoms with Crippen LogP contribution in [0.2, 0.25) is 0 Å². The summed E-state index contributed by atoms with van der Waals surface area (Å²) in [4.78, 5) is 17.5. The summed E-state index contributed by atoms with van der Waals surface area (Å²) in [6, 6.07) is 29.5. The molecule has 5 nitrogen and oxygen atoms in total. The summed E-state index contributed by atoms with van der Waals surface area (Å²) in [6.45, 7) is 7.23. The molecule has 1 N–H and O–H groups in total. The van der Waals surface area contributed by atoms with Gasteiger partial charge < -0.3 is 15.0 Å². The molecule has 0 aliphatic carbocycles. The van der Waals surface area contributed by atoms with E-state index in [1.54, 1.807) is 0 Å². The first-order valence-electron chi connectivity index (χ1n) is 17.3. The van der Waals surface area contributed by atoms with Gasteiger partial charge in [-0.15, -0.1) is 0 Å². The van der Waals surface area contributed by atoms with E-state index in [-0.39, 0.29) is 12.0 Å². The van der Waals surface area contributed by atoms with Crippen molar-refractivity contribution in [1.82, 2.24) is 9.80 Å². The SMILES string of the molecule is O=C(CCCCCCCCCCBr)Nc1ccc(CCCN2CCN(CCOC(c3ccccc3)c3ccccc3)CC2)cc1. The molecule has 1 aliphatic heterocycles. The number of aryl methyl sites for hydroxylation is 1. The molecule has 3 aromatic rings.